The zero-order valence-electron chi connectivity index (χ0n) is 15.9. The van der Waals surface area contributed by atoms with Crippen molar-refractivity contribution in [3.05, 3.63) is 51.7 Å². The summed E-state index contributed by atoms with van der Waals surface area (Å²) in [4.78, 5) is 15.2. The monoisotopic (exact) mass is 424 g/mol. The van der Waals surface area contributed by atoms with Gasteiger partial charge in [0, 0.05) is 24.5 Å². The summed E-state index contributed by atoms with van der Waals surface area (Å²) >= 11 is 1.61. The molecule has 28 heavy (non-hydrogen) atoms. The van der Waals surface area contributed by atoms with Crippen molar-refractivity contribution in [3.63, 3.8) is 0 Å². The third kappa shape index (κ3) is 4.79. The average molecular weight is 425 g/mol. The van der Waals surface area contributed by atoms with E-state index < -0.39 is 16.0 Å². The Morgan fingerprint density at radius 3 is 2.71 bits per heavy atom. The number of ether oxygens (including phenoxy) is 2. The fourth-order valence-electron chi connectivity index (χ4n) is 3.18. The van der Waals surface area contributed by atoms with Crippen LogP contribution >= 0.6 is 11.3 Å². The maximum Gasteiger partial charge on any atom is 0.337 e. The minimum Gasteiger partial charge on any atom is -0.465 e. The highest BCUT2D eigenvalue weighted by Gasteiger charge is 2.26. The number of hydrogen-bond acceptors (Lipinski definition) is 7. The van der Waals surface area contributed by atoms with Crippen molar-refractivity contribution >= 4 is 27.3 Å². The Kier molecular flexibility index (Phi) is 6.84. The number of carbonyl (C=O) groups is 1. The molecule has 1 aliphatic rings. The molecular weight excluding hydrogens is 400 g/mol. The molecule has 1 N–H and O–H groups in total. The molecular formula is C19H24N2O5S2. The van der Waals surface area contributed by atoms with E-state index in [0.717, 1.165) is 18.0 Å². The Morgan fingerprint density at radius 2 is 2.07 bits per heavy atom. The molecule has 0 saturated carbocycles. The lowest BCUT2D eigenvalue weighted by molar-refractivity contribution is 0.0179. The molecule has 3 rings (SSSR count). The van der Waals surface area contributed by atoms with Gasteiger partial charge in [-0.15, -0.1) is 11.3 Å². The zero-order valence-corrected chi connectivity index (χ0v) is 17.5. The minimum absolute atomic E-state index is 0.0669. The first-order chi connectivity index (χ1) is 13.4. The number of morpholine rings is 1. The van der Waals surface area contributed by atoms with Crippen LogP contribution in [-0.4, -0.2) is 59.2 Å². The molecule has 0 spiro atoms. The van der Waals surface area contributed by atoms with Crippen LogP contribution in [0, 0.1) is 6.92 Å². The molecule has 152 valence electrons. The van der Waals surface area contributed by atoms with Crippen LogP contribution in [0.5, 0.6) is 0 Å². The lowest BCUT2D eigenvalue weighted by Gasteiger charge is -2.34. The van der Waals surface area contributed by atoms with Gasteiger partial charge in [0.25, 0.3) is 0 Å². The van der Waals surface area contributed by atoms with Gasteiger partial charge in [0.2, 0.25) is 10.0 Å². The molecule has 0 radical (unpaired) electrons. The van der Waals surface area contributed by atoms with E-state index in [9.17, 15) is 13.2 Å². The van der Waals surface area contributed by atoms with E-state index in [1.165, 1.54) is 13.2 Å². The minimum atomic E-state index is -3.79. The topological polar surface area (TPSA) is 84.9 Å². The van der Waals surface area contributed by atoms with Gasteiger partial charge in [0.1, 0.15) is 0 Å². The van der Waals surface area contributed by atoms with Gasteiger partial charge in [-0.1, -0.05) is 12.1 Å². The number of rotatable bonds is 7. The predicted molar refractivity (Wildman–Crippen MR) is 107 cm³/mol. The fraction of sp³-hybridized carbons (Fsp3) is 0.421. The van der Waals surface area contributed by atoms with Crippen molar-refractivity contribution in [1.82, 2.24) is 9.62 Å². The van der Waals surface area contributed by atoms with Gasteiger partial charge in [0.05, 0.1) is 36.8 Å². The van der Waals surface area contributed by atoms with Crippen molar-refractivity contribution in [3.8, 4) is 0 Å². The van der Waals surface area contributed by atoms with Crippen molar-refractivity contribution in [2.75, 3.05) is 40.0 Å². The normalized spacial score (nSPS) is 16.6. The molecule has 9 heteroatoms. The van der Waals surface area contributed by atoms with Crippen molar-refractivity contribution in [2.45, 2.75) is 17.9 Å². The Labute approximate surface area is 169 Å². The second-order valence-corrected chi connectivity index (χ2v) is 9.22. The number of nitrogens with one attached hydrogen (secondary N) is 1. The van der Waals surface area contributed by atoms with Gasteiger partial charge in [-0.2, -0.15) is 0 Å². The molecule has 0 aliphatic carbocycles. The van der Waals surface area contributed by atoms with Gasteiger partial charge >= 0.3 is 5.97 Å². The standard InChI is InChI=1S/C19H24N2O5S2/c1-14-5-6-15(19(22)25-2)12-18(14)28(23,24)20-13-16(17-4-3-11-27-17)21-7-9-26-10-8-21/h3-6,11-12,16,20H,7-10,13H2,1-2H3. The number of methoxy groups -OCH3 is 1. The first kappa shape index (κ1) is 20.9. The summed E-state index contributed by atoms with van der Waals surface area (Å²) in [5.41, 5.74) is 0.774. The maximum atomic E-state index is 13.0. The third-order valence-electron chi connectivity index (χ3n) is 4.72. The molecule has 2 aromatic rings. The summed E-state index contributed by atoms with van der Waals surface area (Å²) in [6.07, 6.45) is 0. The number of nitrogens with zero attached hydrogens (tertiary/aromatic N) is 1. The smallest absolute Gasteiger partial charge is 0.337 e. The van der Waals surface area contributed by atoms with Crippen LogP contribution < -0.4 is 4.72 Å². The number of hydrogen-bond donors (Lipinski definition) is 1. The molecule has 0 bridgehead atoms. The third-order valence-corrected chi connectivity index (χ3v) is 7.26. The molecule has 1 atom stereocenters. The molecule has 0 amide bonds. The summed E-state index contributed by atoms with van der Waals surface area (Å²) in [5, 5.41) is 1.99. The number of esters is 1. The highest BCUT2D eigenvalue weighted by molar-refractivity contribution is 7.89. The van der Waals surface area contributed by atoms with Crippen LogP contribution in [0.1, 0.15) is 26.8 Å². The van der Waals surface area contributed by atoms with E-state index >= 15 is 0 Å². The first-order valence-electron chi connectivity index (χ1n) is 8.96. The van der Waals surface area contributed by atoms with E-state index in [-0.39, 0.29) is 23.0 Å². The Morgan fingerprint density at radius 1 is 1.32 bits per heavy atom. The molecule has 7 nitrogen and oxygen atoms in total. The van der Waals surface area contributed by atoms with Gasteiger partial charge in [-0.25, -0.2) is 17.9 Å². The van der Waals surface area contributed by atoms with Gasteiger partial charge in [0.15, 0.2) is 0 Å². The number of thiophene rings is 1. The van der Waals surface area contributed by atoms with E-state index in [4.69, 9.17) is 9.47 Å². The molecule has 1 aromatic carbocycles. The number of carbonyl (C=O) groups excluding carboxylic acids is 1. The fourth-order valence-corrected chi connectivity index (χ4v) is 5.35. The van der Waals surface area contributed by atoms with E-state index in [0.29, 0.717) is 18.8 Å². The number of benzene rings is 1. The van der Waals surface area contributed by atoms with Crippen molar-refractivity contribution < 1.29 is 22.7 Å². The average Bonchev–Trinajstić information content (AvgIpc) is 3.23. The maximum absolute atomic E-state index is 13.0. The molecule has 1 aliphatic heterocycles. The zero-order chi connectivity index (χ0) is 20.1. The first-order valence-corrected chi connectivity index (χ1v) is 11.3. The highest BCUT2D eigenvalue weighted by Crippen LogP contribution is 2.26. The van der Waals surface area contributed by atoms with E-state index in [1.54, 1.807) is 30.4 Å². The molecule has 1 fully saturated rings. The second-order valence-electron chi connectivity index (χ2n) is 6.50. The summed E-state index contributed by atoms with van der Waals surface area (Å²) in [6.45, 7) is 4.71. The van der Waals surface area contributed by atoms with Crippen LogP contribution in [-0.2, 0) is 19.5 Å². The Bertz CT molecular complexity index is 906. The summed E-state index contributed by atoms with van der Waals surface area (Å²) in [7, 11) is -2.52. The lowest BCUT2D eigenvalue weighted by Crippen LogP contribution is -2.43. The second kappa shape index (κ2) is 9.15. The van der Waals surface area contributed by atoms with Gasteiger partial charge < -0.3 is 9.47 Å². The van der Waals surface area contributed by atoms with Gasteiger partial charge in [-0.3, -0.25) is 4.90 Å². The largest absolute Gasteiger partial charge is 0.465 e. The Hall–Kier alpha value is -1.78. The predicted octanol–water partition coefficient (Wildman–Crippen LogP) is 2.19. The summed E-state index contributed by atoms with van der Waals surface area (Å²) < 4.78 is 38.8. The van der Waals surface area contributed by atoms with Crippen LogP contribution in [0.3, 0.4) is 0 Å². The summed E-state index contributed by atoms with van der Waals surface area (Å²) in [5.74, 6) is -0.568. The highest BCUT2D eigenvalue weighted by atomic mass is 32.2. The van der Waals surface area contributed by atoms with E-state index in [1.807, 2.05) is 17.5 Å². The lowest BCUT2D eigenvalue weighted by atomic mass is 10.1. The SMILES string of the molecule is COC(=O)c1ccc(C)c(S(=O)(=O)NCC(c2cccs2)N2CCOCC2)c1. The van der Waals surface area contributed by atoms with Crippen LogP contribution in [0.25, 0.3) is 0 Å². The van der Waals surface area contributed by atoms with Gasteiger partial charge in [-0.05, 0) is 36.1 Å². The van der Waals surface area contributed by atoms with Crippen LogP contribution in [0.2, 0.25) is 0 Å². The number of aryl methyl sites for hydroxylation is 1. The van der Waals surface area contributed by atoms with Crippen LogP contribution in [0.15, 0.2) is 40.6 Å². The van der Waals surface area contributed by atoms with Crippen molar-refractivity contribution in [2.24, 2.45) is 0 Å². The number of sulfonamides is 1. The van der Waals surface area contributed by atoms with Crippen molar-refractivity contribution in [1.29, 1.82) is 0 Å². The molecule has 1 aromatic heterocycles. The van der Waals surface area contributed by atoms with Crippen LogP contribution in [0.4, 0.5) is 0 Å². The molecule has 1 saturated heterocycles. The molecule has 2 heterocycles. The van der Waals surface area contributed by atoms with E-state index in [2.05, 4.69) is 9.62 Å². The Balaban J connectivity index is 1.82. The summed E-state index contributed by atoms with van der Waals surface area (Å²) in [6, 6.07) is 8.44. The molecule has 1 unspecified atom stereocenters. The quantitative estimate of drug-likeness (QED) is 0.686.